The van der Waals surface area contributed by atoms with Gasteiger partial charge in [-0.05, 0) is 36.8 Å². The highest BCUT2D eigenvalue weighted by Crippen LogP contribution is 2.28. The molecule has 1 aromatic carbocycles. The van der Waals surface area contributed by atoms with Gasteiger partial charge >= 0.3 is 6.18 Å². The van der Waals surface area contributed by atoms with Gasteiger partial charge < -0.3 is 4.74 Å². The Hall–Kier alpha value is -1.98. The molecule has 0 N–H and O–H groups in total. The van der Waals surface area contributed by atoms with Crippen molar-refractivity contribution in [3.05, 3.63) is 41.7 Å². The van der Waals surface area contributed by atoms with Crippen LogP contribution in [-0.2, 0) is 6.18 Å². The lowest BCUT2D eigenvalue weighted by molar-refractivity contribution is -0.141. The number of aryl methyl sites for hydroxylation is 1. The van der Waals surface area contributed by atoms with Gasteiger partial charge in [0.1, 0.15) is 5.75 Å². The van der Waals surface area contributed by atoms with Gasteiger partial charge in [0.2, 0.25) is 0 Å². The fourth-order valence-corrected chi connectivity index (χ4v) is 1.62. The van der Waals surface area contributed by atoms with Crippen LogP contribution in [-0.4, -0.2) is 16.9 Å². The van der Waals surface area contributed by atoms with Gasteiger partial charge in [-0.3, -0.25) is 0 Å². The summed E-state index contributed by atoms with van der Waals surface area (Å²) in [5.74, 6) is 0.682. The Morgan fingerprint density at radius 2 is 1.94 bits per heavy atom. The van der Waals surface area contributed by atoms with E-state index in [2.05, 4.69) is 5.10 Å². The molecule has 0 atom stereocenters. The number of hydrogen-bond acceptors (Lipinski definition) is 2. The number of benzene rings is 1. The molecule has 0 amide bonds. The number of ether oxygens (including phenoxy) is 1. The highest BCUT2D eigenvalue weighted by molar-refractivity contribution is 5.43. The minimum atomic E-state index is -4.42. The van der Waals surface area contributed by atoms with Crippen LogP contribution in [0.2, 0.25) is 0 Å². The van der Waals surface area contributed by atoms with E-state index in [4.69, 9.17) is 4.74 Å². The SMILES string of the molecule is COc1ccc(-n2ccc(C(F)(F)F)n2)cc1C. The zero-order chi connectivity index (χ0) is 13.3. The van der Waals surface area contributed by atoms with Gasteiger partial charge in [0.05, 0.1) is 12.8 Å². The van der Waals surface area contributed by atoms with Crippen LogP contribution in [0.4, 0.5) is 13.2 Å². The van der Waals surface area contributed by atoms with Crippen LogP contribution in [0, 0.1) is 6.92 Å². The molecule has 2 rings (SSSR count). The molecular weight excluding hydrogens is 245 g/mol. The molecule has 96 valence electrons. The first kappa shape index (κ1) is 12.5. The number of nitrogens with zero attached hydrogens (tertiary/aromatic N) is 2. The second-order valence-electron chi connectivity index (χ2n) is 3.80. The quantitative estimate of drug-likeness (QED) is 0.825. The molecule has 0 aliphatic carbocycles. The van der Waals surface area contributed by atoms with Crippen LogP contribution in [0.15, 0.2) is 30.5 Å². The van der Waals surface area contributed by atoms with Crippen molar-refractivity contribution in [3.63, 3.8) is 0 Å². The molecule has 0 bridgehead atoms. The van der Waals surface area contributed by atoms with Gasteiger partial charge in [0.25, 0.3) is 0 Å². The first-order valence-corrected chi connectivity index (χ1v) is 5.19. The predicted molar refractivity (Wildman–Crippen MR) is 59.9 cm³/mol. The molecule has 0 fully saturated rings. The van der Waals surface area contributed by atoms with Crippen LogP contribution in [0.25, 0.3) is 5.69 Å². The maximum atomic E-state index is 12.4. The standard InChI is InChI=1S/C12H11F3N2O/c1-8-7-9(3-4-10(8)18-2)17-6-5-11(16-17)12(13,14)15/h3-7H,1-2H3. The van der Waals surface area contributed by atoms with Gasteiger partial charge in [-0.1, -0.05) is 0 Å². The average molecular weight is 256 g/mol. The Labute approximate surface area is 102 Å². The second kappa shape index (κ2) is 4.36. The first-order valence-electron chi connectivity index (χ1n) is 5.19. The molecule has 1 heterocycles. The summed E-state index contributed by atoms with van der Waals surface area (Å²) in [7, 11) is 1.54. The van der Waals surface area contributed by atoms with Crippen LogP contribution < -0.4 is 4.74 Å². The van der Waals surface area contributed by atoms with Crippen molar-refractivity contribution in [1.29, 1.82) is 0 Å². The summed E-state index contributed by atoms with van der Waals surface area (Å²) in [6.07, 6.45) is -3.14. The summed E-state index contributed by atoms with van der Waals surface area (Å²) in [5, 5.41) is 3.50. The van der Waals surface area contributed by atoms with Crippen LogP contribution in [0.3, 0.4) is 0 Å². The van der Waals surface area contributed by atoms with E-state index in [0.717, 1.165) is 11.6 Å². The van der Waals surface area contributed by atoms with E-state index < -0.39 is 11.9 Å². The Bertz CT molecular complexity index is 561. The molecule has 0 radical (unpaired) electrons. The maximum absolute atomic E-state index is 12.4. The molecular formula is C12H11F3N2O. The molecule has 0 aliphatic heterocycles. The van der Waals surface area contributed by atoms with Gasteiger partial charge in [0, 0.05) is 6.20 Å². The minimum Gasteiger partial charge on any atom is -0.496 e. The average Bonchev–Trinajstić information content (AvgIpc) is 2.77. The van der Waals surface area contributed by atoms with Crippen molar-refractivity contribution in [2.24, 2.45) is 0 Å². The summed E-state index contributed by atoms with van der Waals surface area (Å²) in [6, 6.07) is 6.00. The molecule has 0 unspecified atom stereocenters. The number of hydrogen-bond donors (Lipinski definition) is 0. The van der Waals surface area contributed by atoms with Gasteiger partial charge in [-0.2, -0.15) is 18.3 Å². The lowest BCUT2D eigenvalue weighted by atomic mass is 10.2. The number of methoxy groups -OCH3 is 1. The van der Waals surface area contributed by atoms with Crippen molar-refractivity contribution in [3.8, 4) is 11.4 Å². The van der Waals surface area contributed by atoms with E-state index in [-0.39, 0.29) is 0 Å². The third-order valence-electron chi connectivity index (χ3n) is 2.52. The monoisotopic (exact) mass is 256 g/mol. The van der Waals surface area contributed by atoms with E-state index >= 15 is 0 Å². The molecule has 0 saturated carbocycles. The molecule has 0 spiro atoms. The van der Waals surface area contributed by atoms with Crippen molar-refractivity contribution < 1.29 is 17.9 Å². The maximum Gasteiger partial charge on any atom is 0.435 e. The fourth-order valence-electron chi connectivity index (χ4n) is 1.62. The third kappa shape index (κ3) is 2.32. The van der Waals surface area contributed by atoms with E-state index in [0.29, 0.717) is 11.4 Å². The van der Waals surface area contributed by atoms with Gasteiger partial charge in [0.15, 0.2) is 5.69 Å². The zero-order valence-electron chi connectivity index (χ0n) is 9.82. The molecule has 18 heavy (non-hydrogen) atoms. The molecule has 3 nitrogen and oxygen atoms in total. The summed E-state index contributed by atoms with van der Waals surface area (Å²) >= 11 is 0. The second-order valence-corrected chi connectivity index (χ2v) is 3.80. The highest BCUT2D eigenvalue weighted by Gasteiger charge is 2.33. The van der Waals surface area contributed by atoms with E-state index in [1.165, 1.54) is 18.0 Å². The summed E-state index contributed by atoms with van der Waals surface area (Å²) in [6.45, 7) is 1.82. The summed E-state index contributed by atoms with van der Waals surface area (Å²) < 4.78 is 43.5. The highest BCUT2D eigenvalue weighted by atomic mass is 19.4. The predicted octanol–water partition coefficient (Wildman–Crippen LogP) is 3.21. The summed E-state index contributed by atoms with van der Waals surface area (Å²) in [5.41, 5.74) is 0.485. The topological polar surface area (TPSA) is 27.1 Å². The Kier molecular flexibility index (Phi) is 3.02. The number of halogens is 3. The van der Waals surface area contributed by atoms with Crippen LogP contribution in [0.1, 0.15) is 11.3 Å². The van der Waals surface area contributed by atoms with E-state index in [9.17, 15) is 13.2 Å². The molecule has 1 aromatic heterocycles. The number of rotatable bonds is 2. The number of aromatic nitrogens is 2. The Morgan fingerprint density at radius 1 is 1.22 bits per heavy atom. The van der Waals surface area contributed by atoms with Crippen LogP contribution >= 0.6 is 0 Å². The zero-order valence-corrected chi connectivity index (χ0v) is 9.82. The number of alkyl halides is 3. The normalized spacial score (nSPS) is 11.6. The Balaban J connectivity index is 2.38. The smallest absolute Gasteiger partial charge is 0.435 e. The van der Waals surface area contributed by atoms with Gasteiger partial charge in [-0.25, -0.2) is 4.68 Å². The largest absolute Gasteiger partial charge is 0.496 e. The molecule has 0 saturated heterocycles. The summed E-state index contributed by atoms with van der Waals surface area (Å²) in [4.78, 5) is 0. The molecule has 0 aliphatic rings. The van der Waals surface area contributed by atoms with Crippen molar-refractivity contribution in [2.45, 2.75) is 13.1 Å². The fraction of sp³-hybridized carbons (Fsp3) is 0.250. The minimum absolute atomic E-state index is 0.559. The van der Waals surface area contributed by atoms with Crippen LogP contribution in [0.5, 0.6) is 5.75 Å². The third-order valence-corrected chi connectivity index (χ3v) is 2.52. The molecule has 6 heteroatoms. The van der Waals surface area contributed by atoms with E-state index in [1.807, 2.05) is 6.92 Å². The van der Waals surface area contributed by atoms with Crippen molar-refractivity contribution >= 4 is 0 Å². The van der Waals surface area contributed by atoms with E-state index in [1.54, 1.807) is 18.2 Å². The van der Waals surface area contributed by atoms with Gasteiger partial charge in [-0.15, -0.1) is 0 Å². The lowest BCUT2D eigenvalue weighted by Crippen LogP contribution is -2.07. The van der Waals surface area contributed by atoms with Crippen molar-refractivity contribution in [2.75, 3.05) is 7.11 Å². The molecule has 2 aromatic rings. The lowest BCUT2D eigenvalue weighted by Gasteiger charge is -2.07. The Morgan fingerprint density at radius 3 is 2.44 bits per heavy atom. The first-order chi connectivity index (χ1) is 8.41. The van der Waals surface area contributed by atoms with Crippen molar-refractivity contribution in [1.82, 2.24) is 9.78 Å².